The van der Waals surface area contributed by atoms with E-state index in [1.807, 2.05) is 0 Å². The van der Waals surface area contributed by atoms with Crippen LogP contribution in [-0.4, -0.2) is 73.3 Å². The Balaban J connectivity index is 0.867. The molecule has 15 nitrogen and oxygen atoms in total. The molecule has 336 valence electrons. The molecule has 1 aromatic carbocycles. The number of hydrogen-bond donors (Lipinski definition) is 2. The minimum Gasteiger partial charge on any atom is -0.449 e. The highest BCUT2D eigenvalue weighted by Crippen LogP contribution is 2.67. The fraction of sp³-hybridized carbons (Fsp3) is 0.681. The number of aliphatic hydroxyl groups is 1. The van der Waals surface area contributed by atoms with Gasteiger partial charge in [0.25, 0.3) is 5.69 Å². The fourth-order valence-corrected chi connectivity index (χ4v) is 12.5. The number of nitrogens with zero attached hydrogens (tertiary/aromatic N) is 5. The Morgan fingerprint density at radius 2 is 1.84 bits per heavy atom. The molecular weight excluding hydrogens is 793 g/mol. The third-order valence-corrected chi connectivity index (χ3v) is 15.7. The highest BCUT2D eigenvalue weighted by Gasteiger charge is 2.59. The van der Waals surface area contributed by atoms with Crippen LogP contribution in [0.4, 0.5) is 21.1 Å². The Kier molecular flexibility index (Phi) is 12.9. The number of anilines is 1. The number of rotatable bonds is 14. The Labute approximate surface area is 363 Å². The number of nitro benzene ring substituents is 1. The summed E-state index contributed by atoms with van der Waals surface area (Å²) < 4.78 is 25.1. The van der Waals surface area contributed by atoms with Gasteiger partial charge in [-0.05, 0) is 96.8 Å². The molecule has 4 unspecified atom stereocenters. The topological polar surface area (TPSA) is 190 Å². The van der Waals surface area contributed by atoms with Crippen LogP contribution in [0.2, 0.25) is 0 Å². The SMILES string of the molecule is CC(C)CCC[C@@H](C)[C@H]1CCC2C3CC=C4CC(OC(=O)O[C@@H]5C[C@@H](CO)O[C@H]5n5cnc6c(NC(=O)OCCc7ccc([N+](=O)[O-])cc7)ncnc65)CC[C@]4(C)C3CC[C@@]21C. The molecule has 3 saturated carbocycles. The van der Waals surface area contributed by atoms with E-state index in [0.29, 0.717) is 29.8 Å². The molecule has 1 saturated heterocycles. The normalized spacial score (nSPS) is 32.0. The van der Waals surface area contributed by atoms with Crippen molar-refractivity contribution >= 4 is 34.9 Å². The molecule has 3 aromatic rings. The van der Waals surface area contributed by atoms with Gasteiger partial charge in [-0.25, -0.2) is 24.5 Å². The third kappa shape index (κ3) is 8.80. The number of ether oxygens (including phenoxy) is 4. The molecule has 4 aliphatic carbocycles. The van der Waals surface area contributed by atoms with Crippen LogP contribution in [0.25, 0.3) is 11.2 Å². The molecule has 0 spiro atoms. The summed E-state index contributed by atoms with van der Waals surface area (Å²) in [5.41, 5.74) is 3.32. The summed E-state index contributed by atoms with van der Waals surface area (Å²) in [5.74, 6) is 4.67. The van der Waals surface area contributed by atoms with Crippen LogP contribution >= 0.6 is 0 Å². The second-order valence-corrected chi connectivity index (χ2v) is 19.7. The molecule has 11 atom stereocenters. The van der Waals surface area contributed by atoms with Gasteiger partial charge in [0.2, 0.25) is 0 Å². The highest BCUT2D eigenvalue weighted by atomic mass is 16.7. The van der Waals surface area contributed by atoms with Crippen LogP contribution in [-0.2, 0) is 25.4 Å². The molecule has 0 radical (unpaired) electrons. The standard InChI is InChI=1S/C47H64N6O9/c1-28(2)7-6-8-29(3)36-15-16-37-35-14-11-31-23-33(17-20-46(31,4)38(35)18-21-47(36,37)5)61-45(56)62-39-24-34(25-54)60-43(39)52-27-50-40-41(48-26-49-42(40)52)51-44(55)59-22-19-30-9-12-32(13-10-30)53(57)58/h9-13,26-29,33-39,43,54H,6-8,14-25H2,1-5H3,(H,48,49,51,55)/t29-,33?,34+,35?,36-,37?,38?,39-,43-,46+,47-/m1/s1. The van der Waals surface area contributed by atoms with Gasteiger partial charge in [0.05, 0.1) is 30.6 Å². The second-order valence-electron chi connectivity index (χ2n) is 19.7. The molecule has 2 N–H and O–H groups in total. The molecule has 62 heavy (non-hydrogen) atoms. The monoisotopic (exact) mass is 856 g/mol. The quantitative estimate of drug-likeness (QED) is 0.0677. The largest absolute Gasteiger partial charge is 0.508 e. The average Bonchev–Trinajstić information content (AvgIpc) is 3.96. The van der Waals surface area contributed by atoms with Crippen molar-refractivity contribution in [3.05, 3.63) is 64.2 Å². The van der Waals surface area contributed by atoms with Gasteiger partial charge in [-0.1, -0.05) is 77.7 Å². The van der Waals surface area contributed by atoms with Crippen LogP contribution in [0, 0.1) is 56.5 Å². The average molecular weight is 857 g/mol. The van der Waals surface area contributed by atoms with Crippen molar-refractivity contribution in [2.45, 2.75) is 143 Å². The maximum absolute atomic E-state index is 13.5. The van der Waals surface area contributed by atoms with Crippen molar-refractivity contribution in [3.63, 3.8) is 0 Å². The minimum atomic E-state index is -0.871. The lowest BCUT2D eigenvalue weighted by molar-refractivity contribution is -0.384. The minimum absolute atomic E-state index is 0.0187. The number of aromatic nitrogens is 4. The summed E-state index contributed by atoms with van der Waals surface area (Å²) in [4.78, 5) is 49.7. The number of hydrogen-bond acceptors (Lipinski definition) is 12. The highest BCUT2D eigenvalue weighted by molar-refractivity contribution is 5.93. The van der Waals surface area contributed by atoms with Gasteiger partial charge in [-0.2, -0.15) is 0 Å². The lowest BCUT2D eigenvalue weighted by Crippen LogP contribution is -2.51. The summed E-state index contributed by atoms with van der Waals surface area (Å²) in [6.45, 7) is 12.1. The maximum atomic E-state index is 13.5. The van der Waals surface area contributed by atoms with E-state index in [0.717, 1.165) is 54.4 Å². The first kappa shape index (κ1) is 44.0. The van der Waals surface area contributed by atoms with E-state index < -0.39 is 35.6 Å². The molecule has 4 fully saturated rings. The number of carbonyl (C=O) groups is 2. The van der Waals surface area contributed by atoms with Gasteiger partial charge >= 0.3 is 12.2 Å². The molecular formula is C47H64N6O9. The number of carbonyl (C=O) groups excluding carboxylic acids is 2. The molecule has 15 heteroatoms. The number of benzene rings is 1. The number of non-ortho nitro benzene ring substituents is 1. The molecule has 0 bridgehead atoms. The predicted octanol–water partition coefficient (Wildman–Crippen LogP) is 9.74. The fourth-order valence-electron chi connectivity index (χ4n) is 12.5. The molecule has 3 heterocycles. The molecule has 8 rings (SSSR count). The van der Waals surface area contributed by atoms with Gasteiger partial charge in [0.1, 0.15) is 12.4 Å². The van der Waals surface area contributed by atoms with Crippen LogP contribution in [0.3, 0.4) is 0 Å². The second kappa shape index (κ2) is 18.2. The van der Waals surface area contributed by atoms with Gasteiger partial charge in [0.15, 0.2) is 29.3 Å². The number of fused-ring (bicyclic) bond motifs is 6. The van der Waals surface area contributed by atoms with E-state index in [-0.39, 0.29) is 48.2 Å². The van der Waals surface area contributed by atoms with Gasteiger partial charge in [0, 0.05) is 31.4 Å². The number of amides is 1. The van der Waals surface area contributed by atoms with Crippen molar-refractivity contribution < 1.29 is 38.6 Å². The van der Waals surface area contributed by atoms with E-state index in [4.69, 9.17) is 18.9 Å². The summed E-state index contributed by atoms with van der Waals surface area (Å²) in [6, 6.07) is 6.02. The van der Waals surface area contributed by atoms with Crippen molar-refractivity contribution in [1.29, 1.82) is 0 Å². The first-order valence-electron chi connectivity index (χ1n) is 22.9. The van der Waals surface area contributed by atoms with Crippen LogP contribution in [0.1, 0.15) is 123 Å². The number of nitrogens with one attached hydrogen (secondary N) is 1. The van der Waals surface area contributed by atoms with Gasteiger partial charge in [-0.3, -0.25) is 20.0 Å². The van der Waals surface area contributed by atoms with Crippen LogP contribution < -0.4 is 5.32 Å². The number of aliphatic hydroxyl groups excluding tert-OH is 1. The summed E-state index contributed by atoms with van der Waals surface area (Å²) in [5, 5.41) is 23.6. The Morgan fingerprint density at radius 3 is 2.60 bits per heavy atom. The molecule has 1 amide bonds. The smallest absolute Gasteiger partial charge is 0.449 e. The first-order valence-corrected chi connectivity index (χ1v) is 22.9. The number of allylic oxidation sites excluding steroid dienone is 1. The van der Waals surface area contributed by atoms with Crippen LogP contribution in [0.15, 0.2) is 48.6 Å². The van der Waals surface area contributed by atoms with E-state index in [2.05, 4.69) is 61.0 Å². The molecule has 1 aliphatic heterocycles. The van der Waals surface area contributed by atoms with E-state index in [1.54, 1.807) is 16.7 Å². The number of imidazole rings is 1. The lowest BCUT2D eigenvalue weighted by atomic mass is 9.47. The molecule has 5 aliphatic rings. The van der Waals surface area contributed by atoms with Crippen molar-refractivity contribution in [1.82, 2.24) is 19.5 Å². The predicted molar refractivity (Wildman–Crippen MR) is 231 cm³/mol. The lowest BCUT2D eigenvalue weighted by Gasteiger charge is -2.58. The Bertz CT molecular complexity index is 2130. The Hall–Kier alpha value is -4.63. The van der Waals surface area contributed by atoms with Crippen molar-refractivity contribution in [2.75, 3.05) is 18.5 Å². The van der Waals surface area contributed by atoms with Crippen LogP contribution in [0.5, 0.6) is 0 Å². The molecule has 2 aromatic heterocycles. The zero-order valence-corrected chi connectivity index (χ0v) is 36.9. The Morgan fingerprint density at radius 1 is 1.03 bits per heavy atom. The van der Waals surface area contributed by atoms with Crippen molar-refractivity contribution in [3.8, 4) is 0 Å². The first-order chi connectivity index (χ1) is 29.8. The van der Waals surface area contributed by atoms with Crippen molar-refractivity contribution in [2.24, 2.45) is 46.3 Å². The van der Waals surface area contributed by atoms with Gasteiger partial charge < -0.3 is 24.1 Å². The third-order valence-electron chi connectivity index (χ3n) is 15.7. The van der Waals surface area contributed by atoms with E-state index >= 15 is 0 Å². The summed E-state index contributed by atoms with van der Waals surface area (Å²) >= 11 is 0. The van der Waals surface area contributed by atoms with E-state index in [1.165, 1.54) is 75.3 Å². The summed E-state index contributed by atoms with van der Waals surface area (Å²) in [7, 11) is 0. The van der Waals surface area contributed by atoms with E-state index in [9.17, 15) is 24.8 Å². The summed E-state index contributed by atoms with van der Waals surface area (Å²) in [6.07, 6.45) is 14.7. The zero-order chi connectivity index (χ0) is 43.8. The maximum Gasteiger partial charge on any atom is 0.508 e. The number of nitro groups is 1. The zero-order valence-electron chi connectivity index (χ0n) is 36.9. The van der Waals surface area contributed by atoms with Gasteiger partial charge in [-0.15, -0.1) is 0 Å².